The largest absolute Gasteiger partial charge is 0.388 e. The Labute approximate surface area is 141 Å². The summed E-state index contributed by atoms with van der Waals surface area (Å²) < 4.78 is 0. The minimum Gasteiger partial charge on any atom is -0.388 e. The van der Waals surface area contributed by atoms with Crippen LogP contribution in [0.15, 0.2) is 12.4 Å². The summed E-state index contributed by atoms with van der Waals surface area (Å²) in [5.74, 6) is 0.227. The first-order valence-electron chi connectivity index (χ1n) is 8.06. The van der Waals surface area contributed by atoms with Gasteiger partial charge in [-0.25, -0.2) is 9.97 Å². The number of rotatable bonds is 5. The van der Waals surface area contributed by atoms with Crippen LogP contribution in [0.1, 0.15) is 36.0 Å². The van der Waals surface area contributed by atoms with Crippen molar-refractivity contribution in [2.45, 2.75) is 31.3 Å². The van der Waals surface area contributed by atoms with Crippen molar-refractivity contribution in [2.75, 3.05) is 39.1 Å². The molecule has 1 aliphatic heterocycles. The fourth-order valence-electron chi connectivity index (χ4n) is 2.81. The fourth-order valence-corrected chi connectivity index (χ4v) is 2.81. The molecule has 8 heteroatoms. The molecule has 132 valence electrons. The van der Waals surface area contributed by atoms with Gasteiger partial charge in [0.15, 0.2) is 0 Å². The molecule has 0 aliphatic carbocycles. The Kier molecular flexibility index (Phi) is 5.71. The van der Waals surface area contributed by atoms with Crippen LogP contribution in [-0.4, -0.2) is 71.6 Å². The van der Waals surface area contributed by atoms with Gasteiger partial charge in [-0.3, -0.25) is 9.59 Å². The molecule has 1 atom stereocenters. The Morgan fingerprint density at radius 2 is 2.04 bits per heavy atom. The molecule has 8 nitrogen and oxygen atoms in total. The summed E-state index contributed by atoms with van der Waals surface area (Å²) in [7, 11) is 5.22. The molecule has 2 rings (SSSR count). The third kappa shape index (κ3) is 4.41. The highest BCUT2D eigenvalue weighted by atomic mass is 16.3. The van der Waals surface area contributed by atoms with Gasteiger partial charge >= 0.3 is 0 Å². The Morgan fingerprint density at radius 3 is 2.62 bits per heavy atom. The number of nitrogens with zero attached hydrogens (tertiary/aromatic N) is 4. The first-order valence-corrected chi connectivity index (χ1v) is 8.06. The van der Waals surface area contributed by atoms with E-state index < -0.39 is 5.60 Å². The summed E-state index contributed by atoms with van der Waals surface area (Å²) in [4.78, 5) is 35.7. The van der Waals surface area contributed by atoms with Crippen LogP contribution in [0.4, 0.5) is 5.95 Å². The molecule has 1 aliphatic rings. The summed E-state index contributed by atoms with van der Waals surface area (Å²) in [6.45, 7) is 0.800. The van der Waals surface area contributed by atoms with Crippen LogP contribution < -0.4 is 10.2 Å². The van der Waals surface area contributed by atoms with E-state index in [1.165, 1.54) is 12.4 Å². The van der Waals surface area contributed by atoms with Crippen molar-refractivity contribution in [1.82, 2.24) is 20.2 Å². The quantitative estimate of drug-likeness (QED) is 0.788. The first kappa shape index (κ1) is 18.1. The van der Waals surface area contributed by atoms with Gasteiger partial charge in [0.05, 0.1) is 11.2 Å². The van der Waals surface area contributed by atoms with E-state index in [0.717, 1.165) is 0 Å². The summed E-state index contributed by atoms with van der Waals surface area (Å²) >= 11 is 0. The number of nitrogens with one attached hydrogen (secondary N) is 1. The molecule has 0 saturated carbocycles. The van der Waals surface area contributed by atoms with Crippen molar-refractivity contribution < 1.29 is 14.7 Å². The number of anilines is 1. The maximum absolute atomic E-state index is 12.6. The number of hydrogen-bond acceptors (Lipinski definition) is 6. The standard InChI is InChI=1S/C16H25N5O3/c1-17-13(22)5-7-16(24)6-4-8-21(11-16)14(23)12-9-18-15(19-10-12)20(2)3/h9-10,24H,4-8,11H2,1-3H3,(H,17,22)/t16-/m0/s1. The molecular formula is C16H25N5O3. The number of carbonyl (C=O) groups is 2. The lowest BCUT2D eigenvalue weighted by Crippen LogP contribution is -2.50. The maximum Gasteiger partial charge on any atom is 0.257 e. The third-order valence-electron chi connectivity index (χ3n) is 4.22. The predicted molar refractivity (Wildman–Crippen MR) is 89.7 cm³/mol. The maximum atomic E-state index is 12.6. The van der Waals surface area contributed by atoms with Gasteiger partial charge in [-0.05, 0) is 19.3 Å². The normalized spacial score (nSPS) is 20.6. The first-order chi connectivity index (χ1) is 11.3. The van der Waals surface area contributed by atoms with Crippen LogP contribution in [0.5, 0.6) is 0 Å². The number of likely N-dealkylation sites (tertiary alicyclic amines) is 1. The summed E-state index contributed by atoms with van der Waals surface area (Å²) in [5.41, 5.74) is -0.624. The van der Waals surface area contributed by atoms with Crippen molar-refractivity contribution in [3.8, 4) is 0 Å². The van der Waals surface area contributed by atoms with Crippen molar-refractivity contribution in [2.24, 2.45) is 0 Å². The van der Waals surface area contributed by atoms with E-state index in [1.54, 1.807) is 16.8 Å². The molecule has 0 aromatic carbocycles. The van der Waals surface area contributed by atoms with Crippen molar-refractivity contribution >= 4 is 17.8 Å². The third-order valence-corrected chi connectivity index (χ3v) is 4.22. The minimum atomic E-state index is -1.02. The van der Waals surface area contributed by atoms with E-state index in [4.69, 9.17) is 0 Å². The average Bonchev–Trinajstić information content (AvgIpc) is 2.59. The SMILES string of the molecule is CNC(=O)CC[C@@]1(O)CCCN(C(=O)c2cnc(N(C)C)nc2)C1. The molecule has 0 radical (unpaired) electrons. The van der Waals surface area contributed by atoms with Gasteiger partial charge in [-0.15, -0.1) is 0 Å². The Morgan fingerprint density at radius 1 is 1.38 bits per heavy atom. The van der Waals surface area contributed by atoms with E-state index in [0.29, 0.717) is 37.3 Å². The molecule has 1 aromatic rings. The van der Waals surface area contributed by atoms with Gasteiger partial charge in [-0.2, -0.15) is 0 Å². The summed E-state index contributed by atoms with van der Waals surface area (Å²) in [5, 5.41) is 13.2. The van der Waals surface area contributed by atoms with Gasteiger partial charge < -0.3 is 20.2 Å². The lowest BCUT2D eigenvalue weighted by molar-refractivity contribution is -0.122. The Balaban J connectivity index is 2.02. The molecule has 24 heavy (non-hydrogen) atoms. The van der Waals surface area contributed by atoms with Crippen LogP contribution in [0.25, 0.3) is 0 Å². The monoisotopic (exact) mass is 335 g/mol. The van der Waals surface area contributed by atoms with E-state index in [2.05, 4.69) is 15.3 Å². The number of aliphatic hydroxyl groups is 1. The minimum absolute atomic E-state index is 0.112. The van der Waals surface area contributed by atoms with E-state index in [9.17, 15) is 14.7 Å². The molecule has 0 spiro atoms. The van der Waals surface area contributed by atoms with Crippen LogP contribution >= 0.6 is 0 Å². The summed E-state index contributed by atoms with van der Waals surface area (Å²) in [6, 6.07) is 0. The zero-order valence-electron chi connectivity index (χ0n) is 14.4. The second-order valence-electron chi connectivity index (χ2n) is 6.39. The van der Waals surface area contributed by atoms with Gasteiger partial charge in [0.1, 0.15) is 0 Å². The average molecular weight is 335 g/mol. The molecule has 0 bridgehead atoms. The number of hydrogen-bond donors (Lipinski definition) is 2. The van der Waals surface area contributed by atoms with Crippen LogP contribution in [0, 0.1) is 0 Å². The zero-order valence-corrected chi connectivity index (χ0v) is 14.4. The number of β-amino-alcohol motifs (C(OH)–C–C–N with tert-alkyl or cyclic N) is 1. The summed E-state index contributed by atoms with van der Waals surface area (Å²) in [6.07, 6.45) is 4.88. The topological polar surface area (TPSA) is 98.7 Å². The molecule has 1 saturated heterocycles. The lowest BCUT2D eigenvalue weighted by atomic mass is 9.88. The number of aromatic nitrogens is 2. The van der Waals surface area contributed by atoms with Gasteiger partial charge in [0.25, 0.3) is 5.91 Å². The lowest BCUT2D eigenvalue weighted by Gasteiger charge is -2.39. The highest BCUT2D eigenvalue weighted by molar-refractivity contribution is 5.93. The Bertz CT molecular complexity index is 590. The van der Waals surface area contributed by atoms with Gasteiger partial charge in [0, 0.05) is 53.0 Å². The number of piperidine rings is 1. The second kappa shape index (κ2) is 7.57. The fraction of sp³-hybridized carbons (Fsp3) is 0.625. The van der Waals surface area contributed by atoms with Crippen molar-refractivity contribution in [3.05, 3.63) is 18.0 Å². The van der Waals surface area contributed by atoms with Crippen molar-refractivity contribution in [3.63, 3.8) is 0 Å². The molecule has 2 heterocycles. The van der Waals surface area contributed by atoms with Crippen molar-refractivity contribution in [1.29, 1.82) is 0 Å². The zero-order chi connectivity index (χ0) is 17.7. The molecule has 1 aromatic heterocycles. The molecule has 0 unspecified atom stereocenters. The number of amides is 2. The Hall–Kier alpha value is -2.22. The number of carbonyl (C=O) groups excluding carboxylic acids is 2. The molecule has 2 N–H and O–H groups in total. The van der Waals surface area contributed by atoms with E-state index in [1.807, 2.05) is 14.1 Å². The van der Waals surface area contributed by atoms with E-state index in [-0.39, 0.29) is 24.8 Å². The molecule has 2 amide bonds. The molecule has 1 fully saturated rings. The van der Waals surface area contributed by atoms with Gasteiger partial charge in [0.2, 0.25) is 11.9 Å². The second-order valence-corrected chi connectivity index (χ2v) is 6.39. The smallest absolute Gasteiger partial charge is 0.257 e. The molecular weight excluding hydrogens is 310 g/mol. The van der Waals surface area contributed by atoms with E-state index >= 15 is 0 Å². The van der Waals surface area contributed by atoms with Crippen LogP contribution in [0.2, 0.25) is 0 Å². The van der Waals surface area contributed by atoms with Crippen LogP contribution in [0.3, 0.4) is 0 Å². The highest BCUT2D eigenvalue weighted by Crippen LogP contribution is 2.26. The highest BCUT2D eigenvalue weighted by Gasteiger charge is 2.35. The predicted octanol–water partition coefficient (Wildman–Crippen LogP) is 0.0359. The van der Waals surface area contributed by atoms with Gasteiger partial charge in [-0.1, -0.05) is 0 Å². The van der Waals surface area contributed by atoms with Crippen LogP contribution in [-0.2, 0) is 4.79 Å².